The van der Waals surface area contributed by atoms with E-state index in [4.69, 9.17) is 9.47 Å². The monoisotopic (exact) mass is 454 g/mol. The summed E-state index contributed by atoms with van der Waals surface area (Å²) >= 11 is 0. The average molecular weight is 455 g/mol. The van der Waals surface area contributed by atoms with Crippen molar-refractivity contribution in [2.75, 3.05) is 6.54 Å². The van der Waals surface area contributed by atoms with E-state index < -0.39 is 36.2 Å². The Morgan fingerprint density at radius 2 is 1.58 bits per heavy atom. The van der Waals surface area contributed by atoms with E-state index >= 15 is 0 Å². The molecule has 0 radical (unpaired) electrons. The zero-order chi connectivity index (χ0) is 23.8. The lowest BCUT2D eigenvalue weighted by atomic mass is 10.0. The molecule has 1 aliphatic rings. The predicted molar refractivity (Wildman–Crippen MR) is 121 cm³/mol. The molecule has 33 heavy (non-hydrogen) atoms. The molecule has 3 rings (SSSR count). The number of amides is 2. The lowest BCUT2D eigenvalue weighted by Crippen LogP contribution is -2.54. The fraction of sp³-hybridized carbons (Fsp3) is 0.400. The van der Waals surface area contributed by atoms with E-state index in [1.807, 2.05) is 60.7 Å². The van der Waals surface area contributed by atoms with Gasteiger partial charge in [0.2, 0.25) is 5.91 Å². The molecule has 8 nitrogen and oxygen atoms in total. The number of rotatable bonds is 9. The van der Waals surface area contributed by atoms with Gasteiger partial charge in [0, 0.05) is 13.0 Å². The maximum absolute atomic E-state index is 13.3. The van der Waals surface area contributed by atoms with Crippen LogP contribution in [0.3, 0.4) is 0 Å². The van der Waals surface area contributed by atoms with Crippen molar-refractivity contribution >= 4 is 18.0 Å². The number of carbonyl (C=O) groups excluding carboxylic acids is 2. The third-order valence-electron chi connectivity index (χ3n) is 5.58. The van der Waals surface area contributed by atoms with Crippen molar-refractivity contribution in [3.63, 3.8) is 0 Å². The molecule has 1 saturated heterocycles. The van der Waals surface area contributed by atoms with Gasteiger partial charge in [-0.15, -0.1) is 0 Å². The molecule has 0 bridgehead atoms. The number of nitrogens with zero attached hydrogens (tertiary/aromatic N) is 1. The highest BCUT2D eigenvalue weighted by molar-refractivity contribution is 5.90. The molecule has 0 unspecified atom stereocenters. The van der Waals surface area contributed by atoms with E-state index in [0.29, 0.717) is 6.61 Å². The first-order valence-corrected chi connectivity index (χ1v) is 11.0. The van der Waals surface area contributed by atoms with Crippen molar-refractivity contribution in [3.05, 3.63) is 71.8 Å². The number of benzene rings is 2. The summed E-state index contributed by atoms with van der Waals surface area (Å²) in [6.45, 7) is 4.12. The number of aliphatic carboxylic acids is 1. The molecule has 3 atom stereocenters. The SMILES string of the molecule is CC(C)[C@H](NC(=O)OCc1ccccc1)C(=O)N1C[C@H](OCc2ccccc2)C[C@H]1C(=O)O. The number of alkyl carbamates (subject to hydrolysis) is 1. The van der Waals surface area contributed by atoms with Crippen molar-refractivity contribution in [2.45, 2.75) is 51.7 Å². The van der Waals surface area contributed by atoms with E-state index in [9.17, 15) is 19.5 Å². The Hall–Kier alpha value is -3.39. The number of ether oxygens (including phenoxy) is 2. The standard InChI is InChI=1S/C25H30N2O6/c1-17(2)22(26-25(31)33-16-19-11-7-4-8-12-19)23(28)27-14-20(13-21(27)24(29)30)32-15-18-9-5-3-6-10-18/h3-12,17,20-22H,13-16H2,1-2H3,(H,26,31)(H,29,30)/t20-,21+,22+/m1/s1. The summed E-state index contributed by atoms with van der Waals surface area (Å²) in [5, 5.41) is 12.3. The fourth-order valence-corrected chi connectivity index (χ4v) is 3.77. The first-order valence-electron chi connectivity index (χ1n) is 11.0. The normalized spacial score (nSPS) is 18.7. The van der Waals surface area contributed by atoms with Crippen LogP contribution in [-0.2, 0) is 32.3 Å². The molecular weight excluding hydrogens is 424 g/mol. The number of hydrogen-bond donors (Lipinski definition) is 2. The molecule has 1 fully saturated rings. The van der Waals surface area contributed by atoms with Gasteiger partial charge in [-0.05, 0) is 17.0 Å². The predicted octanol–water partition coefficient (Wildman–Crippen LogP) is 3.21. The minimum absolute atomic E-state index is 0.0720. The molecule has 176 valence electrons. The molecule has 0 spiro atoms. The number of carbonyl (C=O) groups is 3. The maximum Gasteiger partial charge on any atom is 0.408 e. The first kappa shape index (κ1) is 24.3. The Bertz CT molecular complexity index is 934. The number of carboxylic acids is 1. The molecule has 2 amide bonds. The number of likely N-dealkylation sites (tertiary alicyclic amines) is 1. The highest BCUT2D eigenvalue weighted by Gasteiger charge is 2.43. The number of carboxylic acid groups (broad SMARTS) is 1. The van der Waals surface area contributed by atoms with Crippen molar-refractivity contribution in [2.24, 2.45) is 5.92 Å². The van der Waals surface area contributed by atoms with E-state index in [2.05, 4.69) is 5.32 Å². The highest BCUT2D eigenvalue weighted by Crippen LogP contribution is 2.24. The second-order valence-electron chi connectivity index (χ2n) is 8.43. The van der Waals surface area contributed by atoms with Crippen molar-refractivity contribution < 1.29 is 29.0 Å². The Kier molecular flexibility index (Phi) is 8.43. The van der Waals surface area contributed by atoms with Crippen LogP contribution >= 0.6 is 0 Å². The van der Waals surface area contributed by atoms with Crippen LogP contribution in [0.15, 0.2) is 60.7 Å². The van der Waals surface area contributed by atoms with Gasteiger partial charge >= 0.3 is 12.1 Å². The topological polar surface area (TPSA) is 105 Å². The van der Waals surface area contributed by atoms with Gasteiger partial charge in [0.15, 0.2) is 0 Å². The van der Waals surface area contributed by atoms with Gasteiger partial charge in [0.05, 0.1) is 12.7 Å². The van der Waals surface area contributed by atoms with Gasteiger partial charge in [-0.1, -0.05) is 74.5 Å². The summed E-state index contributed by atoms with van der Waals surface area (Å²) in [6.07, 6.45) is -0.945. The summed E-state index contributed by atoms with van der Waals surface area (Å²) in [6, 6.07) is 16.8. The average Bonchev–Trinajstić information content (AvgIpc) is 3.25. The van der Waals surface area contributed by atoms with Crippen molar-refractivity contribution in [1.82, 2.24) is 10.2 Å². The smallest absolute Gasteiger partial charge is 0.408 e. The third kappa shape index (κ3) is 6.79. The summed E-state index contributed by atoms with van der Waals surface area (Å²) in [7, 11) is 0. The maximum atomic E-state index is 13.3. The summed E-state index contributed by atoms with van der Waals surface area (Å²) in [5.74, 6) is -1.82. The number of nitrogens with one attached hydrogen (secondary N) is 1. The molecule has 0 aliphatic carbocycles. The highest BCUT2D eigenvalue weighted by atomic mass is 16.5. The van der Waals surface area contributed by atoms with Crippen LogP contribution in [-0.4, -0.2) is 52.7 Å². The molecule has 0 aromatic heterocycles. The van der Waals surface area contributed by atoms with Gasteiger partial charge in [-0.25, -0.2) is 9.59 Å². The van der Waals surface area contributed by atoms with Crippen LogP contribution in [0.2, 0.25) is 0 Å². The molecule has 1 aliphatic heterocycles. The first-order chi connectivity index (χ1) is 15.8. The van der Waals surface area contributed by atoms with Gasteiger partial charge in [0.25, 0.3) is 0 Å². The lowest BCUT2D eigenvalue weighted by molar-refractivity contribution is -0.149. The zero-order valence-electron chi connectivity index (χ0n) is 18.8. The molecule has 2 aromatic rings. The molecule has 8 heteroatoms. The molecule has 2 aromatic carbocycles. The third-order valence-corrected chi connectivity index (χ3v) is 5.58. The second kappa shape index (κ2) is 11.5. The van der Waals surface area contributed by atoms with Crippen molar-refractivity contribution in [3.8, 4) is 0 Å². The van der Waals surface area contributed by atoms with Gasteiger partial charge in [-0.2, -0.15) is 0 Å². The van der Waals surface area contributed by atoms with E-state index in [1.54, 1.807) is 13.8 Å². The van der Waals surface area contributed by atoms with Crippen LogP contribution in [0.1, 0.15) is 31.4 Å². The van der Waals surface area contributed by atoms with E-state index in [-0.39, 0.29) is 25.5 Å². The Morgan fingerprint density at radius 1 is 1.00 bits per heavy atom. The fourth-order valence-electron chi connectivity index (χ4n) is 3.77. The Labute approximate surface area is 193 Å². The lowest BCUT2D eigenvalue weighted by Gasteiger charge is -2.29. The minimum Gasteiger partial charge on any atom is -0.480 e. The van der Waals surface area contributed by atoms with Crippen molar-refractivity contribution in [1.29, 1.82) is 0 Å². The van der Waals surface area contributed by atoms with Crippen LogP contribution in [0.4, 0.5) is 4.79 Å². The molecule has 0 saturated carbocycles. The van der Waals surface area contributed by atoms with Crippen LogP contribution in [0.25, 0.3) is 0 Å². The van der Waals surface area contributed by atoms with E-state index in [0.717, 1.165) is 11.1 Å². The van der Waals surface area contributed by atoms with Gasteiger partial charge < -0.3 is 24.8 Å². The zero-order valence-corrected chi connectivity index (χ0v) is 18.8. The number of hydrogen-bond acceptors (Lipinski definition) is 5. The largest absolute Gasteiger partial charge is 0.480 e. The summed E-state index contributed by atoms with van der Waals surface area (Å²) < 4.78 is 11.1. The van der Waals surface area contributed by atoms with Gasteiger partial charge in [-0.3, -0.25) is 4.79 Å². The molecule has 2 N–H and O–H groups in total. The second-order valence-corrected chi connectivity index (χ2v) is 8.43. The van der Waals surface area contributed by atoms with E-state index in [1.165, 1.54) is 4.90 Å². The summed E-state index contributed by atoms with van der Waals surface area (Å²) in [5.41, 5.74) is 1.79. The molecule has 1 heterocycles. The van der Waals surface area contributed by atoms with Crippen LogP contribution in [0.5, 0.6) is 0 Å². The molecular formula is C25H30N2O6. The van der Waals surface area contributed by atoms with Crippen LogP contribution < -0.4 is 5.32 Å². The van der Waals surface area contributed by atoms with Crippen LogP contribution in [0, 0.1) is 5.92 Å². The minimum atomic E-state index is -1.09. The quantitative estimate of drug-likeness (QED) is 0.603. The Morgan fingerprint density at radius 3 is 2.12 bits per heavy atom. The van der Waals surface area contributed by atoms with Gasteiger partial charge in [0.1, 0.15) is 18.7 Å². The summed E-state index contributed by atoms with van der Waals surface area (Å²) in [4.78, 5) is 38.8. The Balaban J connectivity index is 1.61.